The number of halogens is 1. The van der Waals surface area contributed by atoms with Gasteiger partial charge < -0.3 is 15.1 Å². The minimum absolute atomic E-state index is 0.0151. The molecular formula is C24H29ClN6O4. The third-order valence-electron chi connectivity index (χ3n) is 5.75. The van der Waals surface area contributed by atoms with E-state index < -0.39 is 22.8 Å². The van der Waals surface area contributed by atoms with Crippen LogP contribution in [0.25, 0.3) is 0 Å². The van der Waals surface area contributed by atoms with Crippen LogP contribution in [0, 0.1) is 16.0 Å². The van der Waals surface area contributed by atoms with E-state index in [2.05, 4.69) is 20.7 Å². The Hall–Kier alpha value is -3.50. The van der Waals surface area contributed by atoms with E-state index in [0.717, 1.165) is 13.1 Å². The van der Waals surface area contributed by atoms with E-state index in [-0.39, 0.29) is 11.6 Å². The molecule has 1 saturated heterocycles. The van der Waals surface area contributed by atoms with Crippen LogP contribution >= 0.6 is 11.6 Å². The standard InChI is InChI=1S/C24H29ClN6O4/c1-16(2)22(27-23(32)18-5-4-6-19(25)14-18)24(33)28-26-15-17-7-8-20(21(13-17)31(34)35)30-11-9-29(3)10-12-30/h4-8,13-16,22H,9-12H2,1-3H3,(H,27,32)(H,28,33). The lowest BCUT2D eigenvalue weighted by molar-refractivity contribution is -0.384. The van der Waals surface area contributed by atoms with Crippen molar-refractivity contribution in [2.75, 3.05) is 38.1 Å². The third-order valence-corrected chi connectivity index (χ3v) is 5.99. The number of carbonyl (C=O) groups excluding carboxylic acids is 2. The number of nitrogens with one attached hydrogen (secondary N) is 2. The minimum Gasteiger partial charge on any atom is -0.363 e. The number of rotatable bonds is 8. The fraction of sp³-hybridized carbons (Fsp3) is 0.375. The summed E-state index contributed by atoms with van der Waals surface area (Å²) < 4.78 is 0. The molecule has 1 unspecified atom stereocenters. The molecule has 2 N–H and O–H groups in total. The molecule has 10 nitrogen and oxygen atoms in total. The molecule has 3 rings (SSSR count). The molecule has 35 heavy (non-hydrogen) atoms. The number of hydrogen-bond acceptors (Lipinski definition) is 7. The second-order valence-electron chi connectivity index (χ2n) is 8.74. The number of benzene rings is 2. The summed E-state index contributed by atoms with van der Waals surface area (Å²) in [6.07, 6.45) is 1.34. The van der Waals surface area contributed by atoms with Gasteiger partial charge in [0.05, 0.1) is 11.1 Å². The van der Waals surface area contributed by atoms with Crippen LogP contribution in [0.2, 0.25) is 5.02 Å². The van der Waals surface area contributed by atoms with E-state index in [0.29, 0.717) is 34.9 Å². The monoisotopic (exact) mass is 500 g/mol. The van der Waals surface area contributed by atoms with Gasteiger partial charge in [-0.3, -0.25) is 19.7 Å². The summed E-state index contributed by atoms with van der Waals surface area (Å²) >= 11 is 5.94. The Kier molecular flexibility index (Phi) is 8.78. The maximum atomic E-state index is 12.7. The molecule has 1 heterocycles. The summed E-state index contributed by atoms with van der Waals surface area (Å²) in [5.74, 6) is -1.15. The third kappa shape index (κ3) is 7.00. The second-order valence-corrected chi connectivity index (χ2v) is 9.17. The maximum absolute atomic E-state index is 12.7. The average molecular weight is 501 g/mol. The lowest BCUT2D eigenvalue weighted by atomic mass is 10.0. The molecule has 2 aromatic carbocycles. The minimum atomic E-state index is -0.840. The smallest absolute Gasteiger partial charge is 0.293 e. The zero-order valence-corrected chi connectivity index (χ0v) is 20.7. The summed E-state index contributed by atoms with van der Waals surface area (Å²) in [6.45, 7) is 6.67. The molecule has 1 fully saturated rings. The van der Waals surface area contributed by atoms with Gasteiger partial charge >= 0.3 is 0 Å². The highest BCUT2D eigenvalue weighted by Gasteiger charge is 2.25. The Morgan fingerprint density at radius 3 is 2.49 bits per heavy atom. The molecule has 0 spiro atoms. The fourth-order valence-corrected chi connectivity index (χ4v) is 3.90. The molecule has 186 valence electrons. The van der Waals surface area contributed by atoms with Gasteiger partial charge in [-0.05, 0) is 37.2 Å². The number of likely N-dealkylation sites (N-methyl/N-ethyl adjacent to an activating group) is 1. The summed E-state index contributed by atoms with van der Waals surface area (Å²) in [7, 11) is 2.02. The number of amides is 2. The van der Waals surface area contributed by atoms with Crippen LogP contribution in [0.3, 0.4) is 0 Å². The highest BCUT2D eigenvalue weighted by atomic mass is 35.5. The van der Waals surface area contributed by atoms with Gasteiger partial charge in [0.25, 0.3) is 17.5 Å². The molecule has 0 aromatic heterocycles. The van der Waals surface area contributed by atoms with Crippen molar-refractivity contribution in [1.29, 1.82) is 0 Å². The highest BCUT2D eigenvalue weighted by molar-refractivity contribution is 6.31. The molecule has 2 aromatic rings. The van der Waals surface area contributed by atoms with Crippen molar-refractivity contribution in [3.63, 3.8) is 0 Å². The predicted octanol–water partition coefficient (Wildman–Crippen LogP) is 2.90. The lowest BCUT2D eigenvalue weighted by Crippen LogP contribution is -2.48. The van der Waals surface area contributed by atoms with Crippen molar-refractivity contribution >= 4 is 41.0 Å². The Morgan fingerprint density at radius 2 is 1.86 bits per heavy atom. The van der Waals surface area contributed by atoms with E-state index in [9.17, 15) is 19.7 Å². The number of hydrazone groups is 1. The maximum Gasteiger partial charge on any atom is 0.293 e. The van der Waals surface area contributed by atoms with Crippen LogP contribution in [0.5, 0.6) is 0 Å². The molecule has 1 aliphatic heterocycles. The van der Waals surface area contributed by atoms with Crippen molar-refractivity contribution in [2.24, 2.45) is 11.0 Å². The molecule has 11 heteroatoms. The summed E-state index contributed by atoms with van der Waals surface area (Å²) in [4.78, 5) is 40.7. The molecular weight excluding hydrogens is 472 g/mol. The molecule has 0 aliphatic carbocycles. The predicted molar refractivity (Wildman–Crippen MR) is 136 cm³/mol. The molecule has 0 radical (unpaired) electrons. The lowest BCUT2D eigenvalue weighted by Gasteiger charge is -2.33. The van der Waals surface area contributed by atoms with Gasteiger partial charge in [-0.15, -0.1) is 0 Å². The zero-order valence-electron chi connectivity index (χ0n) is 19.9. The van der Waals surface area contributed by atoms with Crippen LogP contribution in [0.4, 0.5) is 11.4 Å². The largest absolute Gasteiger partial charge is 0.363 e. The number of hydrogen-bond donors (Lipinski definition) is 2. The Morgan fingerprint density at radius 1 is 1.14 bits per heavy atom. The summed E-state index contributed by atoms with van der Waals surface area (Å²) in [5, 5.41) is 18.7. The van der Waals surface area contributed by atoms with Gasteiger partial charge in [-0.25, -0.2) is 5.43 Å². The molecule has 1 aliphatic rings. The average Bonchev–Trinajstić information content (AvgIpc) is 2.82. The van der Waals surface area contributed by atoms with E-state index >= 15 is 0 Å². The Labute approximate surface area is 209 Å². The van der Waals surface area contributed by atoms with Crippen LogP contribution in [-0.2, 0) is 4.79 Å². The van der Waals surface area contributed by atoms with Gasteiger partial charge in [0.1, 0.15) is 11.7 Å². The first-order chi connectivity index (χ1) is 16.7. The number of anilines is 1. The van der Waals surface area contributed by atoms with E-state index in [1.165, 1.54) is 18.3 Å². The van der Waals surface area contributed by atoms with Gasteiger partial charge in [-0.2, -0.15) is 5.10 Å². The van der Waals surface area contributed by atoms with Crippen molar-refractivity contribution in [2.45, 2.75) is 19.9 Å². The number of nitro benzene ring substituents is 1. The van der Waals surface area contributed by atoms with Gasteiger partial charge in [0.2, 0.25) is 0 Å². The fourth-order valence-electron chi connectivity index (χ4n) is 3.71. The Bertz CT molecular complexity index is 1110. The molecule has 0 saturated carbocycles. The number of piperazine rings is 1. The first kappa shape index (κ1) is 26.1. The normalized spacial score (nSPS) is 15.3. The molecule has 0 bridgehead atoms. The van der Waals surface area contributed by atoms with E-state index in [4.69, 9.17) is 11.6 Å². The van der Waals surface area contributed by atoms with Crippen molar-refractivity contribution in [3.05, 3.63) is 68.7 Å². The topological polar surface area (TPSA) is 120 Å². The van der Waals surface area contributed by atoms with Gasteiger partial charge in [0, 0.05) is 48.4 Å². The molecule has 1 atom stereocenters. The SMILES string of the molecule is CC(C)C(NC(=O)c1cccc(Cl)c1)C(=O)NN=Cc1ccc(N2CCN(C)CC2)c([N+](=O)[O-])c1. The zero-order chi connectivity index (χ0) is 25.5. The van der Waals surface area contributed by atoms with Gasteiger partial charge in [-0.1, -0.05) is 37.6 Å². The van der Waals surface area contributed by atoms with E-state index in [1.54, 1.807) is 44.2 Å². The van der Waals surface area contributed by atoms with Crippen molar-refractivity contribution < 1.29 is 14.5 Å². The molecule has 2 amide bonds. The number of carbonyl (C=O) groups is 2. The number of nitro groups is 1. The van der Waals surface area contributed by atoms with Gasteiger partial charge in [0.15, 0.2) is 0 Å². The van der Waals surface area contributed by atoms with Crippen LogP contribution in [-0.4, -0.2) is 67.1 Å². The first-order valence-electron chi connectivity index (χ1n) is 11.3. The summed E-state index contributed by atoms with van der Waals surface area (Å²) in [6, 6.07) is 10.4. The van der Waals surface area contributed by atoms with Crippen molar-refractivity contribution in [3.8, 4) is 0 Å². The van der Waals surface area contributed by atoms with Crippen molar-refractivity contribution in [1.82, 2.24) is 15.6 Å². The van der Waals surface area contributed by atoms with Crippen LogP contribution in [0.1, 0.15) is 29.8 Å². The second kappa shape index (κ2) is 11.8. The highest BCUT2D eigenvalue weighted by Crippen LogP contribution is 2.29. The Balaban J connectivity index is 1.67. The first-order valence-corrected chi connectivity index (χ1v) is 11.6. The van der Waals surface area contributed by atoms with Crippen LogP contribution in [0.15, 0.2) is 47.6 Å². The van der Waals surface area contributed by atoms with E-state index in [1.807, 2.05) is 11.9 Å². The quantitative estimate of drug-likeness (QED) is 0.326. The van der Waals surface area contributed by atoms with Crippen LogP contribution < -0.4 is 15.6 Å². The number of nitrogens with zero attached hydrogens (tertiary/aromatic N) is 4. The summed E-state index contributed by atoms with van der Waals surface area (Å²) in [5.41, 5.74) is 3.78.